The average Bonchev–Trinajstić information content (AvgIpc) is 3.11. The van der Waals surface area contributed by atoms with Crippen LogP contribution >= 0.6 is 0 Å². The zero-order chi connectivity index (χ0) is 33.1. The maximum atomic E-state index is 12.6. The molecule has 2 unspecified atom stereocenters. The van der Waals surface area contributed by atoms with E-state index < -0.39 is 5.97 Å². The molecule has 5 aromatic rings. The van der Waals surface area contributed by atoms with Gasteiger partial charge in [0.15, 0.2) is 0 Å². The molecule has 0 aliphatic heterocycles. The van der Waals surface area contributed by atoms with Gasteiger partial charge in [-0.25, -0.2) is 4.79 Å². The van der Waals surface area contributed by atoms with E-state index in [1.807, 2.05) is 48.5 Å². The molecule has 1 saturated carbocycles. The van der Waals surface area contributed by atoms with E-state index in [1.165, 1.54) is 23.6 Å². The minimum absolute atomic E-state index is 0.0534. The largest absolute Gasteiger partial charge is 0.489 e. The molecule has 48 heavy (non-hydrogen) atoms. The van der Waals surface area contributed by atoms with E-state index in [0.29, 0.717) is 17.5 Å². The Hall–Kier alpha value is -5.40. The van der Waals surface area contributed by atoms with Gasteiger partial charge in [0.25, 0.3) is 0 Å². The summed E-state index contributed by atoms with van der Waals surface area (Å²) in [6, 6.07) is 43.0. The van der Waals surface area contributed by atoms with E-state index in [-0.39, 0.29) is 29.7 Å². The van der Waals surface area contributed by atoms with Crippen molar-refractivity contribution < 1.29 is 24.2 Å². The molecule has 5 aromatic carbocycles. The zero-order valence-electron chi connectivity index (χ0n) is 26.8. The third-order valence-electron chi connectivity index (χ3n) is 8.66. The maximum absolute atomic E-state index is 12.6. The van der Waals surface area contributed by atoms with Gasteiger partial charge in [0.05, 0.1) is 17.7 Å². The van der Waals surface area contributed by atoms with Crippen LogP contribution in [0.25, 0.3) is 0 Å². The van der Waals surface area contributed by atoms with Gasteiger partial charge in [-0.15, -0.1) is 0 Å². The van der Waals surface area contributed by atoms with E-state index >= 15 is 0 Å². The molecule has 244 valence electrons. The molecule has 2 N–H and O–H groups in total. The second kappa shape index (κ2) is 15.9. The van der Waals surface area contributed by atoms with Crippen molar-refractivity contribution in [2.24, 2.45) is 0 Å². The third kappa shape index (κ3) is 8.90. The van der Waals surface area contributed by atoms with Gasteiger partial charge in [-0.1, -0.05) is 91.3 Å². The van der Waals surface area contributed by atoms with Crippen LogP contribution in [0.3, 0.4) is 0 Å². The molecular weight excluding hydrogens is 600 g/mol. The van der Waals surface area contributed by atoms with Gasteiger partial charge in [-0.3, -0.25) is 9.69 Å². The molecule has 0 bridgehead atoms. The smallest absolute Gasteiger partial charge is 0.337 e. The van der Waals surface area contributed by atoms with Crippen molar-refractivity contribution in [2.45, 2.75) is 57.3 Å². The summed E-state index contributed by atoms with van der Waals surface area (Å²) in [4.78, 5) is 26.6. The molecule has 7 nitrogen and oxygen atoms in total. The van der Waals surface area contributed by atoms with Crippen molar-refractivity contribution >= 4 is 17.6 Å². The van der Waals surface area contributed by atoms with E-state index in [1.54, 1.807) is 18.2 Å². The summed E-state index contributed by atoms with van der Waals surface area (Å²) < 4.78 is 12.8. The predicted octanol–water partition coefficient (Wildman–Crippen LogP) is 8.75. The number of nitrogens with zero attached hydrogens (tertiary/aromatic N) is 1. The lowest BCUT2D eigenvalue weighted by atomic mass is 9.90. The Labute approximate surface area is 281 Å². The number of amides is 1. The van der Waals surface area contributed by atoms with Crippen LogP contribution in [0.5, 0.6) is 17.2 Å². The van der Waals surface area contributed by atoms with Crippen molar-refractivity contribution in [3.8, 4) is 17.2 Å². The number of benzene rings is 5. The molecule has 6 rings (SSSR count). The second-order valence-corrected chi connectivity index (χ2v) is 12.2. The summed E-state index contributed by atoms with van der Waals surface area (Å²) in [6.07, 6.45) is 4.65. The Morgan fingerprint density at radius 2 is 1.19 bits per heavy atom. The summed E-state index contributed by atoms with van der Waals surface area (Å²) in [5, 5.41) is 12.1. The second-order valence-electron chi connectivity index (χ2n) is 12.2. The van der Waals surface area contributed by atoms with Crippen molar-refractivity contribution in [2.75, 3.05) is 5.32 Å². The number of hydrogen-bond acceptors (Lipinski definition) is 5. The highest BCUT2D eigenvalue weighted by Gasteiger charge is 2.32. The number of rotatable bonds is 13. The first-order valence-electron chi connectivity index (χ1n) is 16.5. The SMILES string of the molecule is O=C(Cc1ccc(Oc2ccc(OC3CCCCC3N(Cc3ccccc3)Cc3ccccc3)cc2)cc1)Nc1ccccc1C(=O)O. The summed E-state index contributed by atoms with van der Waals surface area (Å²) in [6.45, 7) is 1.74. The van der Waals surface area contributed by atoms with Gasteiger partial charge in [-0.05, 0) is 84.5 Å². The molecule has 7 heteroatoms. The molecule has 0 heterocycles. The topological polar surface area (TPSA) is 88.1 Å². The standard InChI is InChI=1S/C41H40N2O5/c44-40(42-37-16-8-7-15-36(37)41(45)46)27-30-19-21-33(22-20-30)47-34-23-25-35(26-24-34)48-39-18-10-9-17-38(39)43(28-31-11-3-1-4-12-31)29-32-13-5-2-6-14-32/h1-8,11-16,19-26,38-39H,9-10,17-18,27-29H2,(H,42,44)(H,45,46). The number of anilines is 1. The fourth-order valence-corrected chi connectivity index (χ4v) is 6.29. The highest BCUT2D eigenvalue weighted by atomic mass is 16.5. The Morgan fingerprint density at radius 3 is 1.81 bits per heavy atom. The van der Waals surface area contributed by atoms with Gasteiger partial charge >= 0.3 is 5.97 Å². The number of carbonyl (C=O) groups is 2. The number of hydrogen-bond donors (Lipinski definition) is 2. The average molecular weight is 641 g/mol. The summed E-state index contributed by atoms with van der Waals surface area (Å²) in [5.74, 6) is 0.775. The molecule has 2 atom stereocenters. The van der Waals surface area contributed by atoms with E-state index in [4.69, 9.17) is 9.47 Å². The monoisotopic (exact) mass is 640 g/mol. The number of carboxylic acids is 1. The van der Waals surface area contributed by atoms with E-state index in [2.05, 4.69) is 70.9 Å². The molecule has 1 fully saturated rings. The molecule has 1 aliphatic rings. The quantitative estimate of drug-likeness (QED) is 0.134. The fraction of sp³-hybridized carbons (Fsp3) is 0.220. The van der Waals surface area contributed by atoms with Gasteiger partial charge < -0.3 is 19.9 Å². The van der Waals surface area contributed by atoms with Crippen LogP contribution < -0.4 is 14.8 Å². The van der Waals surface area contributed by atoms with Crippen LogP contribution in [0.4, 0.5) is 5.69 Å². The lowest BCUT2D eigenvalue weighted by Gasteiger charge is -2.40. The van der Waals surface area contributed by atoms with Crippen LogP contribution in [0.1, 0.15) is 52.7 Å². The summed E-state index contributed by atoms with van der Waals surface area (Å²) >= 11 is 0. The van der Waals surface area contributed by atoms with Crippen LogP contribution in [0, 0.1) is 0 Å². The van der Waals surface area contributed by atoms with Gasteiger partial charge in [0, 0.05) is 19.1 Å². The zero-order valence-corrected chi connectivity index (χ0v) is 26.8. The maximum Gasteiger partial charge on any atom is 0.337 e. The lowest BCUT2D eigenvalue weighted by Crippen LogP contribution is -2.47. The van der Waals surface area contributed by atoms with Crippen LogP contribution in [-0.4, -0.2) is 34.0 Å². The molecule has 0 spiro atoms. The van der Waals surface area contributed by atoms with Crippen molar-refractivity contribution in [1.29, 1.82) is 0 Å². The molecule has 0 radical (unpaired) electrons. The Bertz CT molecular complexity index is 1730. The Morgan fingerprint density at radius 1 is 0.646 bits per heavy atom. The van der Waals surface area contributed by atoms with Crippen molar-refractivity contribution in [3.05, 3.63) is 156 Å². The Balaban J connectivity index is 1.06. The van der Waals surface area contributed by atoms with E-state index in [0.717, 1.165) is 43.7 Å². The molecule has 0 aromatic heterocycles. The van der Waals surface area contributed by atoms with E-state index in [9.17, 15) is 14.7 Å². The normalized spacial score (nSPS) is 15.9. The molecular formula is C41H40N2O5. The number of carboxylic acid groups (broad SMARTS) is 1. The minimum atomic E-state index is -1.09. The van der Waals surface area contributed by atoms with Crippen molar-refractivity contribution in [1.82, 2.24) is 4.90 Å². The first-order valence-corrected chi connectivity index (χ1v) is 16.5. The van der Waals surface area contributed by atoms with Gasteiger partial charge in [0.2, 0.25) is 5.91 Å². The van der Waals surface area contributed by atoms with Crippen LogP contribution in [0.2, 0.25) is 0 Å². The molecule has 1 amide bonds. The van der Waals surface area contributed by atoms with Gasteiger partial charge in [0.1, 0.15) is 23.4 Å². The van der Waals surface area contributed by atoms with Crippen LogP contribution in [0.15, 0.2) is 133 Å². The predicted molar refractivity (Wildman–Crippen MR) is 187 cm³/mol. The highest BCUT2D eigenvalue weighted by molar-refractivity contribution is 6.01. The number of aromatic carboxylic acids is 1. The Kier molecular flexibility index (Phi) is 10.8. The van der Waals surface area contributed by atoms with Crippen molar-refractivity contribution in [3.63, 3.8) is 0 Å². The minimum Gasteiger partial charge on any atom is -0.489 e. The number of carbonyl (C=O) groups excluding carboxylic acids is 1. The molecule has 0 saturated heterocycles. The summed E-state index contributed by atoms with van der Waals surface area (Å²) in [7, 11) is 0. The number of nitrogens with one attached hydrogen (secondary N) is 1. The fourth-order valence-electron chi connectivity index (χ4n) is 6.29. The first kappa shape index (κ1) is 32.5. The highest BCUT2D eigenvalue weighted by Crippen LogP contribution is 2.31. The summed E-state index contributed by atoms with van der Waals surface area (Å²) in [5.41, 5.74) is 3.72. The first-order chi connectivity index (χ1) is 23.5. The molecule has 1 aliphatic carbocycles. The lowest BCUT2D eigenvalue weighted by molar-refractivity contribution is -0.115. The number of ether oxygens (including phenoxy) is 2. The number of para-hydroxylation sites is 1. The van der Waals surface area contributed by atoms with Gasteiger partial charge in [-0.2, -0.15) is 0 Å². The third-order valence-corrected chi connectivity index (χ3v) is 8.66. The van der Waals surface area contributed by atoms with Crippen LogP contribution in [-0.2, 0) is 24.3 Å².